The molecule has 104 valence electrons. The number of carbonyl (C=O) groups is 1. The molecule has 0 spiro atoms. The molecular weight excluding hydrogens is 244 g/mol. The Morgan fingerprint density at radius 1 is 1.32 bits per heavy atom. The molecule has 5 nitrogen and oxygen atoms in total. The number of likely N-dealkylation sites (tertiary alicyclic amines) is 1. The highest BCUT2D eigenvalue weighted by molar-refractivity contribution is 5.99. The first-order chi connectivity index (χ1) is 9.13. The van der Waals surface area contributed by atoms with Gasteiger partial charge in [-0.25, -0.2) is 0 Å². The van der Waals surface area contributed by atoms with E-state index in [1.54, 1.807) is 6.07 Å². The molecule has 1 aromatic rings. The van der Waals surface area contributed by atoms with Crippen LogP contribution in [-0.4, -0.2) is 52.9 Å². The summed E-state index contributed by atoms with van der Waals surface area (Å²) in [6.45, 7) is 3.23. The minimum absolute atomic E-state index is 0.158. The van der Waals surface area contributed by atoms with Crippen molar-refractivity contribution in [2.24, 2.45) is 0 Å². The number of aliphatic hydroxyl groups excluding tert-OH is 2. The standard InChI is InChI=1S/C14H20N2O3/c1-2-7-15-11-6-4-3-5-10(11)14(19)16-8-12(17)13(18)9-16/h3-6,12-13,15,17-18H,2,7-9H2,1H3. The fourth-order valence-electron chi connectivity index (χ4n) is 2.19. The molecule has 1 aromatic carbocycles. The average Bonchev–Trinajstić information content (AvgIpc) is 2.76. The molecule has 2 unspecified atom stereocenters. The van der Waals surface area contributed by atoms with E-state index in [1.807, 2.05) is 18.2 Å². The third-order valence-corrected chi connectivity index (χ3v) is 3.27. The van der Waals surface area contributed by atoms with Gasteiger partial charge in [0.25, 0.3) is 5.91 Å². The molecule has 1 saturated heterocycles. The van der Waals surface area contributed by atoms with Gasteiger partial charge in [0.2, 0.25) is 0 Å². The van der Waals surface area contributed by atoms with Gasteiger partial charge in [0, 0.05) is 25.3 Å². The van der Waals surface area contributed by atoms with E-state index in [0.29, 0.717) is 5.56 Å². The Morgan fingerprint density at radius 3 is 2.58 bits per heavy atom. The zero-order valence-electron chi connectivity index (χ0n) is 11.0. The first kappa shape index (κ1) is 13.8. The molecule has 5 heteroatoms. The van der Waals surface area contributed by atoms with Gasteiger partial charge < -0.3 is 20.4 Å². The Bertz CT molecular complexity index is 440. The van der Waals surface area contributed by atoms with E-state index in [-0.39, 0.29) is 19.0 Å². The molecule has 1 heterocycles. The summed E-state index contributed by atoms with van der Waals surface area (Å²) in [6.07, 6.45) is -0.719. The van der Waals surface area contributed by atoms with Gasteiger partial charge in [-0.05, 0) is 18.6 Å². The van der Waals surface area contributed by atoms with Crippen molar-refractivity contribution in [2.75, 3.05) is 25.0 Å². The highest BCUT2D eigenvalue weighted by Gasteiger charge is 2.33. The van der Waals surface area contributed by atoms with Crippen LogP contribution >= 0.6 is 0 Å². The SMILES string of the molecule is CCCNc1ccccc1C(=O)N1CC(O)C(O)C1. The number of para-hydroxylation sites is 1. The van der Waals surface area contributed by atoms with Crippen LogP contribution in [0.2, 0.25) is 0 Å². The lowest BCUT2D eigenvalue weighted by molar-refractivity contribution is 0.0572. The lowest BCUT2D eigenvalue weighted by Gasteiger charge is -2.18. The minimum Gasteiger partial charge on any atom is -0.388 e. The third-order valence-electron chi connectivity index (χ3n) is 3.27. The number of nitrogens with one attached hydrogen (secondary N) is 1. The average molecular weight is 264 g/mol. The predicted octanol–water partition coefficient (Wildman–Crippen LogP) is 0.686. The summed E-state index contributed by atoms with van der Waals surface area (Å²) in [6, 6.07) is 7.32. The number of benzene rings is 1. The van der Waals surface area contributed by atoms with Gasteiger partial charge >= 0.3 is 0 Å². The van der Waals surface area contributed by atoms with Gasteiger partial charge in [-0.3, -0.25) is 4.79 Å². The molecule has 1 amide bonds. The van der Waals surface area contributed by atoms with Crippen molar-refractivity contribution in [3.8, 4) is 0 Å². The normalized spacial score (nSPS) is 22.6. The van der Waals surface area contributed by atoms with E-state index in [9.17, 15) is 15.0 Å². The van der Waals surface area contributed by atoms with Gasteiger partial charge in [0.05, 0.1) is 17.8 Å². The maximum Gasteiger partial charge on any atom is 0.256 e. The first-order valence-corrected chi connectivity index (χ1v) is 6.61. The summed E-state index contributed by atoms with van der Waals surface area (Å²) >= 11 is 0. The number of anilines is 1. The van der Waals surface area contributed by atoms with Crippen LogP contribution in [0.1, 0.15) is 23.7 Å². The fourth-order valence-corrected chi connectivity index (χ4v) is 2.19. The van der Waals surface area contributed by atoms with Crippen molar-refractivity contribution >= 4 is 11.6 Å². The van der Waals surface area contributed by atoms with Gasteiger partial charge in [0.15, 0.2) is 0 Å². The zero-order valence-corrected chi connectivity index (χ0v) is 11.0. The zero-order chi connectivity index (χ0) is 13.8. The number of aliphatic hydroxyl groups is 2. The molecule has 0 bridgehead atoms. The van der Waals surface area contributed by atoms with E-state index in [1.165, 1.54) is 4.90 Å². The fraction of sp³-hybridized carbons (Fsp3) is 0.500. The molecule has 1 aliphatic heterocycles. The minimum atomic E-state index is -0.847. The van der Waals surface area contributed by atoms with Crippen molar-refractivity contribution in [3.05, 3.63) is 29.8 Å². The van der Waals surface area contributed by atoms with Gasteiger partial charge in [-0.15, -0.1) is 0 Å². The van der Waals surface area contributed by atoms with E-state index >= 15 is 0 Å². The molecule has 0 aliphatic carbocycles. The molecule has 1 aliphatic rings. The second-order valence-electron chi connectivity index (χ2n) is 4.82. The Kier molecular flexibility index (Phi) is 4.39. The molecule has 2 atom stereocenters. The highest BCUT2D eigenvalue weighted by atomic mass is 16.3. The monoisotopic (exact) mass is 264 g/mol. The summed E-state index contributed by atoms with van der Waals surface area (Å²) in [7, 11) is 0. The number of β-amino-alcohol motifs (C(OH)–C–C–N with tert-alkyl or cyclic N) is 2. The van der Waals surface area contributed by atoms with Crippen molar-refractivity contribution < 1.29 is 15.0 Å². The van der Waals surface area contributed by atoms with Crippen molar-refractivity contribution in [3.63, 3.8) is 0 Å². The molecular formula is C14H20N2O3. The van der Waals surface area contributed by atoms with Crippen LogP contribution in [0.5, 0.6) is 0 Å². The van der Waals surface area contributed by atoms with Gasteiger partial charge in [-0.2, -0.15) is 0 Å². The number of carbonyl (C=O) groups excluding carboxylic acids is 1. The Balaban J connectivity index is 2.15. The van der Waals surface area contributed by atoms with Crippen LogP contribution in [0.25, 0.3) is 0 Å². The maximum atomic E-state index is 12.4. The van der Waals surface area contributed by atoms with E-state index in [0.717, 1.165) is 18.7 Å². The molecule has 0 radical (unpaired) electrons. The highest BCUT2D eigenvalue weighted by Crippen LogP contribution is 2.20. The van der Waals surface area contributed by atoms with Gasteiger partial charge in [-0.1, -0.05) is 19.1 Å². The first-order valence-electron chi connectivity index (χ1n) is 6.61. The molecule has 19 heavy (non-hydrogen) atoms. The number of nitrogens with zero attached hydrogens (tertiary/aromatic N) is 1. The number of rotatable bonds is 4. The summed E-state index contributed by atoms with van der Waals surface area (Å²) in [5.41, 5.74) is 1.38. The Morgan fingerprint density at radius 2 is 1.95 bits per heavy atom. The van der Waals surface area contributed by atoms with Crippen LogP contribution < -0.4 is 5.32 Å². The smallest absolute Gasteiger partial charge is 0.256 e. The lowest BCUT2D eigenvalue weighted by atomic mass is 10.1. The quantitative estimate of drug-likeness (QED) is 0.748. The molecule has 1 fully saturated rings. The lowest BCUT2D eigenvalue weighted by Crippen LogP contribution is -2.30. The topological polar surface area (TPSA) is 72.8 Å². The van der Waals surface area contributed by atoms with E-state index in [4.69, 9.17) is 0 Å². The van der Waals surface area contributed by atoms with Crippen LogP contribution in [-0.2, 0) is 0 Å². The van der Waals surface area contributed by atoms with Crippen LogP contribution in [0.3, 0.4) is 0 Å². The molecule has 3 N–H and O–H groups in total. The summed E-state index contributed by atoms with van der Waals surface area (Å²) < 4.78 is 0. The molecule has 0 saturated carbocycles. The number of hydrogen-bond acceptors (Lipinski definition) is 4. The van der Waals surface area contributed by atoms with Crippen molar-refractivity contribution in [2.45, 2.75) is 25.6 Å². The van der Waals surface area contributed by atoms with Crippen molar-refractivity contribution in [1.29, 1.82) is 0 Å². The summed E-state index contributed by atoms with van der Waals surface area (Å²) in [5.74, 6) is -0.158. The second-order valence-corrected chi connectivity index (χ2v) is 4.82. The molecule has 0 aromatic heterocycles. The van der Waals surface area contributed by atoms with Gasteiger partial charge in [0.1, 0.15) is 0 Å². The van der Waals surface area contributed by atoms with Crippen LogP contribution in [0.15, 0.2) is 24.3 Å². The maximum absolute atomic E-state index is 12.4. The largest absolute Gasteiger partial charge is 0.388 e. The molecule has 2 rings (SSSR count). The third kappa shape index (κ3) is 3.05. The number of amides is 1. The van der Waals surface area contributed by atoms with E-state index in [2.05, 4.69) is 12.2 Å². The number of hydrogen-bond donors (Lipinski definition) is 3. The van der Waals surface area contributed by atoms with Crippen molar-refractivity contribution in [1.82, 2.24) is 4.90 Å². The summed E-state index contributed by atoms with van der Waals surface area (Å²) in [5, 5.41) is 22.2. The second kappa shape index (κ2) is 6.04. The summed E-state index contributed by atoms with van der Waals surface area (Å²) in [4.78, 5) is 13.9. The van der Waals surface area contributed by atoms with Crippen LogP contribution in [0.4, 0.5) is 5.69 Å². The predicted molar refractivity (Wildman–Crippen MR) is 73.1 cm³/mol. The Labute approximate surface area is 112 Å². The van der Waals surface area contributed by atoms with E-state index < -0.39 is 12.2 Å². The van der Waals surface area contributed by atoms with Crippen LogP contribution in [0, 0.1) is 0 Å². The Hall–Kier alpha value is -1.59.